The summed E-state index contributed by atoms with van der Waals surface area (Å²) in [4.78, 5) is 27.5. The zero-order chi connectivity index (χ0) is 15.0. The molecule has 0 bridgehead atoms. The van der Waals surface area contributed by atoms with Crippen molar-refractivity contribution in [1.29, 1.82) is 0 Å². The van der Waals surface area contributed by atoms with Crippen molar-refractivity contribution >= 4 is 43.8 Å². The summed E-state index contributed by atoms with van der Waals surface area (Å²) in [6, 6.07) is 0. The Balaban J connectivity index is -0.0000000865. The van der Waals surface area contributed by atoms with Crippen molar-refractivity contribution in [2.45, 2.75) is 0 Å². The Hall–Kier alpha value is -1.71. The Labute approximate surface area is 124 Å². The number of carbonyl (C=O) groups excluding carboxylic acids is 3. The van der Waals surface area contributed by atoms with Gasteiger partial charge in [0.25, 0.3) is 0 Å². The van der Waals surface area contributed by atoms with E-state index < -0.39 is 17.9 Å². The third kappa shape index (κ3) is 62.6. The molecule has 0 spiro atoms. The summed E-state index contributed by atoms with van der Waals surface area (Å²) in [5.41, 5.74) is 0. The summed E-state index contributed by atoms with van der Waals surface area (Å²) in [5, 5.41) is 27.5. The Morgan fingerprint density at radius 3 is 0.789 bits per heavy atom. The second kappa shape index (κ2) is 21.6. The second-order valence-electron chi connectivity index (χ2n) is 1.84. The van der Waals surface area contributed by atoms with Crippen molar-refractivity contribution in [3.63, 3.8) is 0 Å². The van der Waals surface area contributed by atoms with E-state index in [0.717, 1.165) is 0 Å². The van der Waals surface area contributed by atoms with E-state index in [1.807, 2.05) is 0 Å². The number of carboxylic acids is 3. The van der Waals surface area contributed by atoms with Crippen LogP contribution in [0.1, 0.15) is 0 Å². The van der Waals surface area contributed by atoms with Gasteiger partial charge in [0, 0.05) is 0 Å². The Morgan fingerprint density at radius 1 is 0.632 bits per heavy atom. The van der Waals surface area contributed by atoms with Crippen LogP contribution in [0.5, 0.6) is 0 Å². The molecule has 0 atom stereocenters. The monoisotopic (exact) mass is 382 g/mol. The van der Waals surface area contributed by atoms with Crippen LogP contribution in [0.2, 0.25) is 0 Å². The molecule has 0 N–H and O–H groups in total. The van der Waals surface area contributed by atoms with Gasteiger partial charge < -0.3 is 29.7 Å². The van der Waals surface area contributed by atoms with Gasteiger partial charge in [-0.1, -0.05) is 0 Å². The molecule has 0 radical (unpaired) electrons. The number of rotatable bonds is 3. The normalized spacial score (nSPS) is 9.00. The van der Waals surface area contributed by atoms with Gasteiger partial charge in [-0.2, -0.15) is 0 Å². The van der Waals surface area contributed by atoms with Crippen molar-refractivity contribution in [3.8, 4) is 0 Å². The first-order chi connectivity index (χ1) is 8.31. The first kappa shape index (κ1) is 26.0. The predicted octanol–water partition coefficient (Wildman–Crippen LogP) is -2.72. The van der Waals surface area contributed by atoms with Crippen LogP contribution in [0.15, 0.2) is 37.2 Å². The molecule has 10 heteroatoms. The molecule has 19 heavy (non-hydrogen) atoms. The molecule has 0 aromatic carbocycles. The van der Waals surface area contributed by atoms with Crippen LogP contribution < -0.4 is 15.3 Å². The maximum absolute atomic E-state index is 10.6. The van der Waals surface area contributed by atoms with Gasteiger partial charge in [0.05, 0.1) is 36.9 Å². The van der Waals surface area contributed by atoms with Crippen LogP contribution in [-0.2, 0) is 14.4 Å². The first-order valence-electron chi connectivity index (χ1n) is 3.75. The molecular weight excluding hydrogens is 376 g/mol. The molecule has 0 amide bonds. The van der Waals surface area contributed by atoms with Gasteiger partial charge in [-0.3, -0.25) is 0 Å². The first-order valence-corrected chi connectivity index (χ1v) is 3.75. The number of carbonyl (C=O) groups is 3. The van der Waals surface area contributed by atoms with Crippen molar-refractivity contribution in [1.82, 2.24) is 0 Å². The van der Waals surface area contributed by atoms with Gasteiger partial charge in [0.2, 0.25) is 0 Å². The van der Waals surface area contributed by atoms with E-state index in [4.69, 9.17) is 29.7 Å². The quantitative estimate of drug-likeness (QED) is 0.489. The fraction of sp³-hybridized carbons (Fsp3) is 0. The second-order valence-corrected chi connectivity index (χ2v) is 1.84. The van der Waals surface area contributed by atoms with Gasteiger partial charge >= 0.3 is 25.8 Å². The minimum Gasteiger partial charge on any atom is -0.545 e. The Kier molecular flexibility index (Phi) is 29.5. The van der Waals surface area contributed by atoms with E-state index in [0.29, 0.717) is 18.2 Å². The number of hydrogen-bond donors (Lipinski definition) is 0. The van der Waals surface area contributed by atoms with Crippen LogP contribution in [0, 0.1) is 0 Å². The van der Waals surface area contributed by atoms with E-state index >= 15 is 0 Å². The molecule has 0 aliphatic carbocycles. The van der Waals surface area contributed by atoms with Crippen molar-refractivity contribution in [2.75, 3.05) is 0 Å². The average Bonchev–Trinajstić information content (AvgIpc) is 2.18. The van der Waals surface area contributed by atoms with E-state index in [9.17, 15) is 13.2 Å². The molecule has 0 saturated carbocycles. The van der Waals surface area contributed by atoms with Gasteiger partial charge in [-0.05, 0) is 18.2 Å². The van der Waals surface area contributed by atoms with Crippen molar-refractivity contribution < 1.29 is 42.9 Å². The molecular formula is C9H6F3InO6. The van der Waals surface area contributed by atoms with Crippen LogP contribution in [0.3, 0.4) is 0 Å². The summed E-state index contributed by atoms with van der Waals surface area (Å²) < 4.78 is 31.9. The molecule has 0 fully saturated rings. The van der Waals surface area contributed by atoms with Crippen LogP contribution >= 0.6 is 0 Å². The number of aliphatic carboxylic acids is 3. The molecule has 6 nitrogen and oxygen atoms in total. The number of hydrogen-bond acceptors (Lipinski definition) is 6. The molecule has 0 unspecified atom stereocenters. The summed E-state index contributed by atoms with van der Waals surface area (Å²) in [5.74, 6) is -4.55. The summed E-state index contributed by atoms with van der Waals surface area (Å²) in [6.45, 7) is 0. The van der Waals surface area contributed by atoms with Crippen molar-refractivity contribution in [2.24, 2.45) is 0 Å². The molecule has 0 rings (SSSR count). The smallest absolute Gasteiger partial charge is 0.545 e. The fourth-order valence-electron chi connectivity index (χ4n) is 0.154. The van der Waals surface area contributed by atoms with Crippen LogP contribution in [-0.4, -0.2) is 43.8 Å². The molecule has 0 aliphatic rings. The largest absolute Gasteiger partial charge is 3.00 e. The Bertz CT molecular complexity index is 289. The fourth-order valence-corrected chi connectivity index (χ4v) is 0.154. The maximum atomic E-state index is 10.6. The zero-order valence-corrected chi connectivity index (χ0v) is 12.4. The topological polar surface area (TPSA) is 120 Å². The summed E-state index contributed by atoms with van der Waals surface area (Å²) in [6.07, 6.45) is 0.653. The number of halogens is 3. The molecule has 0 heterocycles. The van der Waals surface area contributed by atoms with E-state index in [1.165, 1.54) is 0 Å². The molecule has 0 saturated heterocycles. The minimum absolute atomic E-state index is 0. The van der Waals surface area contributed by atoms with E-state index in [2.05, 4.69) is 0 Å². The van der Waals surface area contributed by atoms with Gasteiger partial charge in [-0.15, -0.1) is 0 Å². The number of carboxylic acid groups (broad SMARTS) is 3. The Morgan fingerprint density at radius 2 is 0.789 bits per heavy atom. The van der Waals surface area contributed by atoms with E-state index in [-0.39, 0.29) is 44.8 Å². The average molecular weight is 382 g/mol. The van der Waals surface area contributed by atoms with Crippen LogP contribution in [0.4, 0.5) is 13.2 Å². The van der Waals surface area contributed by atoms with Gasteiger partial charge in [-0.25, -0.2) is 13.2 Å². The molecule has 0 aliphatic heterocycles. The van der Waals surface area contributed by atoms with E-state index in [1.54, 1.807) is 0 Å². The molecule has 102 valence electrons. The van der Waals surface area contributed by atoms with Crippen LogP contribution in [0.25, 0.3) is 0 Å². The molecule has 0 aromatic rings. The summed E-state index contributed by atoms with van der Waals surface area (Å²) >= 11 is 0. The van der Waals surface area contributed by atoms with Gasteiger partial charge in [0.15, 0.2) is 0 Å². The van der Waals surface area contributed by atoms with Crippen molar-refractivity contribution in [3.05, 3.63) is 37.2 Å². The predicted molar refractivity (Wildman–Crippen MR) is 51.5 cm³/mol. The zero-order valence-electron chi connectivity index (χ0n) is 9.12. The minimum atomic E-state index is -1.52. The third-order valence-electron chi connectivity index (χ3n) is 0.597. The summed E-state index contributed by atoms with van der Waals surface area (Å²) in [7, 11) is 0. The molecule has 0 aromatic heterocycles. The van der Waals surface area contributed by atoms with Gasteiger partial charge in [0.1, 0.15) is 0 Å². The third-order valence-corrected chi connectivity index (χ3v) is 0.597. The standard InChI is InChI=1S/3C3H3FO2.In/c3*4-2-1-3(5)6;/h3*1-2H,(H,5,6);/q;;;+3/p-3. The maximum Gasteiger partial charge on any atom is 3.00 e. The SMILES string of the molecule is O=C([O-])C=CF.O=C([O-])C=CF.O=C([O-])C=CF.[In+3].